The summed E-state index contributed by atoms with van der Waals surface area (Å²) < 4.78 is 34.8. The van der Waals surface area contributed by atoms with Crippen LogP contribution in [0.1, 0.15) is 23.6 Å². The molecule has 0 atom stereocenters. The second kappa shape index (κ2) is 9.09. The first kappa shape index (κ1) is 20.9. The molecule has 1 aliphatic heterocycles. The molecule has 1 heterocycles. The molecule has 29 heavy (non-hydrogen) atoms. The molecular weight excluding hydrogens is 400 g/mol. The molecule has 0 radical (unpaired) electrons. The Morgan fingerprint density at radius 2 is 1.93 bits per heavy atom. The maximum Gasteiger partial charge on any atom is 0.387 e. The smallest absolute Gasteiger partial charge is 0.387 e. The number of rotatable bonds is 7. The number of amides is 2. The highest BCUT2D eigenvalue weighted by Crippen LogP contribution is 2.35. The van der Waals surface area contributed by atoms with Crippen molar-refractivity contribution < 1.29 is 27.8 Å². The maximum atomic E-state index is 12.7. The Kier molecular flexibility index (Phi) is 6.53. The summed E-state index contributed by atoms with van der Waals surface area (Å²) >= 11 is 0.841. The SMILES string of the molecule is CCOc1cc(/C=C2\SC(=O)N(Cc3cccc(C)c3)C2=O)ccc1OC(F)F. The molecule has 2 aromatic carbocycles. The number of aryl methyl sites for hydroxylation is 1. The number of carbonyl (C=O) groups excluding carboxylic acids is 2. The van der Waals surface area contributed by atoms with E-state index in [1.807, 2.05) is 31.2 Å². The topological polar surface area (TPSA) is 55.8 Å². The van der Waals surface area contributed by atoms with Gasteiger partial charge in [0.1, 0.15) is 0 Å². The van der Waals surface area contributed by atoms with Crippen LogP contribution in [0, 0.1) is 6.92 Å². The zero-order valence-electron chi connectivity index (χ0n) is 15.9. The van der Waals surface area contributed by atoms with Crippen molar-refractivity contribution in [1.82, 2.24) is 4.90 Å². The fourth-order valence-electron chi connectivity index (χ4n) is 2.86. The van der Waals surface area contributed by atoms with E-state index in [0.717, 1.165) is 22.9 Å². The Bertz CT molecular complexity index is 961. The van der Waals surface area contributed by atoms with Crippen LogP contribution in [0.4, 0.5) is 13.6 Å². The third-order valence-electron chi connectivity index (χ3n) is 4.08. The van der Waals surface area contributed by atoms with Gasteiger partial charge in [0, 0.05) is 0 Å². The number of carbonyl (C=O) groups is 2. The maximum absolute atomic E-state index is 12.7. The first-order valence-electron chi connectivity index (χ1n) is 8.90. The zero-order valence-corrected chi connectivity index (χ0v) is 16.7. The molecule has 8 heteroatoms. The van der Waals surface area contributed by atoms with Crippen LogP contribution < -0.4 is 9.47 Å². The van der Waals surface area contributed by atoms with Crippen molar-refractivity contribution in [2.24, 2.45) is 0 Å². The summed E-state index contributed by atoms with van der Waals surface area (Å²) in [5.41, 5.74) is 2.44. The summed E-state index contributed by atoms with van der Waals surface area (Å²) in [6.45, 7) is 1.13. The van der Waals surface area contributed by atoms with E-state index < -0.39 is 12.5 Å². The van der Waals surface area contributed by atoms with Gasteiger partial charge in [-0.25, -0.2) is 0 Å². The number of imide groups is 1. The van der Waals surface area contributed by atoms with Crippen LogP contribution >= 0.6 is 11.8 Å². The van der Waals surface area contributed by atoms with E-state index in [0.29, 0.717) is 5.56 Å². The third-order valence-corrected chi connectivity index (χ3v) is 4.99. The van der Waals surface area contributed by atoms with Crippen LogP contribution in [0.15, 0.2) is 47.4 Å². The van der Waals surface area contributed by atoms with Crippen molar-refractivity contribution >= 4 is 29.0 Å². The highest BCUT2D eigenvalue weighted by atomic mass is 32.2. The van der Waals surface area contributed by atoms with Crippen molar-refractivity contribution in [3.63, 3.8) is 0 Å². The molecule has 5 nitrogen and oxygen atoms in total. The molecule has 0 aromatic heterocycles. The number of thioether (sulfide) groups is 1. The molecule has 0 aliphatic carbocycles. The average Bonchev–Trinajstić information content (AvgIpc) is 2.91. The van der Waals surface area contributed by atoms with Crippen molar-refractivity contribution in [1.29, 1.82) is 0 Å². The van der Waals surface area contributed by atoms with Crippen LogP contribution in [0.5, 0.6) is 11.5 Å². The van der Waals surface area contributed by atoms with Crippen LogP contribution in [0.2, 0.25) is 0 Å². The van der Waals surface area contributed by atoms with Gasteiger partial charge in [-0.3, -0.25) is 14.5 Å². The zero-order chi connectivity index (χ0) is 21.0. The van der Waals surface area contributed by atoms with E-state index in [2.05, 4.69) is 4.74 Å². The van der Waals surface area contributed by atoms with Crippen LogP contribution in [-0.2, 0) is 11.3 Å². The number of hydrogen-bond donors (Lipinski definition) is 0. The van der Waals surface area contributed by atoms with Crippen LogP contribution in [0.3, 0.4) is 0 Å². The predicted octanol–water partition coefficient (Wildman–Crippen LogP) is 5.23. The van der Waals surface area contributed by atoms with E-state index in [1.165, 1.54) is 29.2 Å². The standard InChI is InChI=1S/C21H19F2NO4S/c1-3-27-17-10-14(7-8-16(17)28-20(22)23)11-18-19(25)24(21(26)29-18)12-15-6-4-5-13(2)9-15/h4-11,20H,3,12H2,1-2H3/b18-11-. The monoisotopic (exact) mass is 419 g/mol. The van der Waals surface area contributed by atoms with Crippen molar-refractivity contribution in [2.45, 2.75) is 27.0 Å². The molecule has 0 saturated carbocycles. The molecule has 0 N–H and O–H groups in total. The van der Waals surface area contributed by atoms with E-state index >= 15 is 0 Å². The Morgan fingerprint density at radius 3 is 2.62 bits per heavy atom. The normalized spacial score (nSPS) is 15.5. The van der Waals surface area contributed by atoms with Gasteiger partial charge in [0.2, 0.25) is 0 Å². The van der Waals surface area contributed by atoms with Crippen molar-refractivity contribution in [2.75, 3.05) is 6.61 Å². The van der Waals surface area contributed by atoms with Crippen molar-refractivity contribution in [3.05, 3.63) is 64.1 Å². The van der Waals surface area contributed by atoms with Gasteiger partial charge in [0.25, 0.3) is 11.1 Å². The number of nitrogens with zero attached hydrogens (tertiary/aromatic N) is 1. The summed E-state index contributed by atoms with van der Waals surface area (Å²) in [5.74, 6) is -0.348. The van der Waals surface area contributed by atoms with Gasteiger partial charge in [-0.15, -0.1) is 0 Å². The number of benzene rings is 2. The second-order valence-electron chi connectivity index (χ2n) is 6.27. The lowest BCUT2D eigenvalue weighted by Crippen LogP contribution is -2.27. The molecule has 1 fully saturated rings. The van der Waals surface area contributed by atoms with Crippen molar-refractivity contribution in [3.8, 4) is 11.5 Å². The predicted molar refractivity (Wildman–Crippen MR) is 107 cm³/mol. The lowest BCUT2D eigenvalue weighted by molar-refractivity contribution is -0.123. The van der Waals surface area contributed by atoms with E-state index in [9.17, 15) is 18.4 Å². The fraction of sp³-hybridized carbons (Fsp3) is 0.238. The number of halogens is 2. The van der Waals surface area contributed by atoms with Gasteiger partial charge in [-0.1, -0.05) is 35.9 Å². The Balaban J connectivity index is 1.82. The molecule has 1 saturated heterocycles. The fourth-order valence-corrected chi connectivity index (χ4v) is 3.70. The van der Waals surface area contributed by atoms with Gasteiger partial charge in [0.15, 0.2) is 11.5 Å². The van der Waals surface area contributed by atoms with E-state index in [-0.39, 0.29) is 34.8 Å². The van der Waals surface area contributed by atoms with Crippen LogP contribution in [0.25, 0.3) is 6.08 Å². The molecular formula is C21H19F2NO4S. The summed E-state index contributed by atoms with van der Waals surface area (Å²) in [5, 5.41) is -0.356. The van der Waals surface area contributed by atoms with E-state index in [1.54, 1.807) is 6.92 Å². The quantitative estimate of drug-likeness (QED) is 0.575. The molecule has 0 unspecified atom stereocenters. The third kappa shape index (κ3) is 5.14. The van der Waals surface area contributed by atoms with Crippen LogP contribution in [-0.4, -0.2) is 29.3 Å². The summed E-state index contributed by atoms with van der Waals surface area (Å²) in [4.78, 5) is 26.5. The minimum atomic E-state index is -2.97. The van der Waals surface area contributed by atoms with Gasteiger partial charge in [0.05, 0.1) is 18.1 Å². The first-order valence-corrected chi connectivity index (χ1v) is 9.71. The Morgan fingerprint density at radius 1 is 1.14 bits per heavy atom. The summed E-state index contributed by atoms with van der Waals surface area (Å²) in [7, 11) is 0. The molecule has 0 bridgehead atoms. The number of hydrogen-bond acceptors (Lipinski definition) is 5. The summed E-state index contributed by atoms with van der Waals surface area (Å²) in [6.07, 6.45) is 1.54. The molecule has 2 aromatic rings. The minimum Gasteiger partial charge on any atom is -0.490 e. The number of ether oxygens (including phenoxy) is 2. The van der Waals surface area contributed by atoms with Gasteiger partial charge in [-0.05, 0) is 54.9 Å². The summed E-state index contributed by atoms with van der Waals surface area (Å²) in [6, 6.07) is 12.0. The molecule has 0 spiro atoms. The number of alkyl halides is 2. The molecule has 152 valence electrons. The van der Waals surface area contributed by atoms with Gasteiger partial charge < -0.3 is 9.47 Å². The first-order chi connectivity index (χ1) is 13.9. The largest absolute Gasteiger partial charge is 0.490 e. The lowest BCUT2D eigenvalue weighted by Gasteiger charge is -2.13. The molecule has 3 rings (SSSR count). The second-order valence-corrected chi connectivity index (χ2v) is 7.27. The molecule has 2 amide bonds. The van der Waals surface area contributed by atoms with Gasteiger partial charge >= 0.3 is 6.61 Å². The Labute approximate surface area is 171 Å². The average molecular weight is 419 g/mol. The Hall–Kier alpha value is -2.87. The van der Waals surface area contributed by atoms with E-state index in [4.69, 9.17) is 4.74 Å². The highest BCUT2D eigenvalue weighted by molar-refractivity contribution is 8.18. The highest BCUT2D eigenvalue weighted by Gasteiger charge is 2.35. The lowest BCUT2D eigenvalue weighted by atomic mass is 10.1. The molecule has 1 aliphatic rings. The van der Waals surface area contributed by atoms with Gasteiger partial charge in [-0.2, -0.15) is 8.78 Å². The minimum absolute atomic E-state index is 0.0912.